The molecule has 2 aromatic carbocycles. The summed E-state index contributed by atoms with van der Waals surface area (Å²) in [5, 5.41) is 0. The second-order valence-corrected chi connectivity index (χ2v) is 6.32. The number of hydrogen-bond acceptors (Lipinski definition) is 3. The van der Waals surface area contributed by atoms with Crippen molar-refractivity contribution in [3.05, 3.63) is 71.3 Å². The van der Waals surface area contributed by atoms with Gasteiger partial charge in [0, 0.05) is 5.41 Å². The fourth-order valence-electron chi connectivity index (χ4n) is 3.54. The fourth-order valence-corrected chi connectivity index (χ4v) is 3.54. The van der Waals surface area contributed by atoms with Gasteiger partial charge in [-0.05, 0) is 56.2 Å². The van der Waals surface area contributed by atoms with E-state index in [1.54, 1.807) is 0 Å². The van der Waals surface area contributed by atoms with Gasteiger partial charge in [0.1, 0.15) is 0 Å². The van der Waals surface area contributed by atoms with E-state index in [0.717, 1.165) is 25.9 Å². The Labute approximate surface area is 137 Å². The third-order valence-corrected chi connectivity index (χ3v) is 5.03. The van der Waals surface area contributed by atoms with Crippen molar-refractivity contribution in [2.75, 3.05) is 27.2 Å². The molecule has 1 aliphatic rings. The van der Waals surface area contributed by atoms with Crippen molar-refractivity contribution in [2.45, 2.75) is 18.3 Å². The van der Waals surface area contributed by atoms with E-state index in [0.29, 0.717) is 5.56 Å². The van der Waals surface area contributed by atoms with Crippen LogP contribution in [0, 0.1) is 0 Å². The summed E-state index contributed by atoms with van der Waals surface area (Å²) in [6, 6.07) is 18.7. The monoisotopic (exact) mass is 309 g/mol. The van der Waals surface area contributed by atoms with Gasteiger partial charge in [0.05, 0.1) is 12.7 Å². The number of likely N-dealkylation sites (tertiary alicyclic amines) is 1. The molecule has 1 fully saturated rings. The molecule has 0 radical (unpaired) electrons. The van der Waals surface area contributed by atoms with E-state index in [2.05, 4.69) is 54.4 Å². The molecule has 0 aliphatic carbocycles. The molecule has 0 atom stereocenters. The van der Waals surface area contributed by atoms with Crippen LogP contribution in [0.4, 0.5) is 0 Å². The molecule has 2 aromatic rings. The number of esters is 1. The van der Waals surface area contributed by atoms with Gasteiger partial charge in [-0.25, -0.2) is 4.79 Å². The predicted octanol–water partition coefficient (Wildman–Crippen LogP) is 3.48. The number of nitrogens with zero attached hydrogens (tertiary/aromatic N) is 1. The molecule has 23 heavy (non-hydrogen) atoms. The molecule has 0 aromatic heterocycles. The van der Waals surface area contributed by atoms with Crippen LogP contribution in [-0.4, -0.2) is 38.1 Å². The molecule has 0 spiro atoms. The van der Waals surface area contributed by atoms with Crippen LogP contribution in [0.25, 0.3) is 0 Å². The van der Waals surface area contributed by atoms with Crippen LogP contribution in [0.2, 0.25) is 0 Å². The first-order chi connectivity index (χ1) is 11.2. The van der Waals surface area contributed by atoms with Crippen LogP contribution in [-0.2, 0) is 10.2 Å². The third-order valence-electron chi connectivity index (χ3n) is 5.03. The molecule has 3 rings (SSSR count). The Morgan fingerprint density at radius 2 is 1.52 bits per heavy atom. The van der Waals surface area contributed by atoms with Gasteiger partial charge in [0.2, 0.25) is 0 Å². The maximum atomic E-state index is 11.7. The number of rotatable bonds is 3. The third kappa shape index (κ3) is 3.02. The lowest BCUT2D eigenvalue weighted by atomic mass is 9.68. The van der Waals surface area contributed by atoms with E-state index in [1.165, 1.54) is 18.2 Å². The Hall–Kier alpha value is -2.13. The largest absolute Gasteiger partial charge is 0.465 e. The molecule has 1 aliphatic heterocycles. The average Bonchev–Trinajstić information content (AvgIpc) is 2.63. The van der Waals surface area contributed by atoms with Crippen LogP contribution in [0.5, 0.6) is 0 Å². The number of methoxy groups -OCH3 is 1. The van der Waals surface area contributed by atoms with Gasteiger partial charge in [-0.1, -0.05) is 42.5 Å². The zero-order valence-electron chi connectivity index (χ0n) is 13.8. The molecule has 120 valence electrons. The number of carbonyl (C=O) groups is 1. The summed E-state index contributed by atoms with van der Waals surface area (Å²) >= 11 is 0. The van der Waals surface area contributed by atoms with Crippen molar-refractivity contribution in [1.29, 1.82) is 0 Å². The number of hydrogen-bond donors (Lipinski definition) is 0. The maximum Gasteiger partial charge on any atom is 0.337 e. The first kappa shape index (κ1) is 15.8. The SMILES string of the molecule is COC(=O)c1ccc(C2(c3ccccc3)CCN(C)CC2)cc1. The van der Waals surface area contributed by atoms with Gasteiger partial charge in [-0.2, -0.15) is 0 Å². The van der Waals surface area contributed by atoms with Gasteiger partial charge >= 0.3 is 5.97 Å². The summed E-state index contributed by atoms with van der Waals surface area (Å²) in [5.41, 5.74) is 3.28. The van der Waals surface area contributed by atoms with Gasteiger partial charge in [-0.3, -0.25) is 0 Å². The van der Waals surface area contributed by atoms with Gasteiger partial charge < -0.3 is 9.64 Å². The Kier molecular flexibility index (Phi) is 4.49. The highest BCUT2D eigenvalue weighted by Crippen LogP contribution is 2.41. The smallest absolute Gasteiger partial charge is 0.337 e. The molecule has 3 heteroatoms. The van der Waals surface area contributed by atoms with E-state index >= 15 is 0 Å². The Morgan fingerprint density at radius 3 is 2.09 bits per heavy atom. The van der Waals surface area contributed by atoms with Crippen molar-refractivity contribution < 1.29 is 9.53 Å². The van der Waals surface area contributed by atoms with Crippen molar-refractivity contribution in [2.24, 2.45) is 0 Å². The lowest BCUT2D eigenvalue weighted by molar-refractivity contribution is 0.0600. The number of benzene rings is 2. The zero-order valence-corrected chi connectivity index (χ0v) is 13.8. The topological polar surface area (TPSA) is 29.5 Å². The zero-order chi connectivity index (χ0) is 16.3. The first-order valence-corrected chi connectivity index (χ1v) is 8.09. The molecule has 0 saturated carbocycles. The molecule has 0 unspecified atom stereocenters. The number of carbonyl (C=O) groups excluding carboxylic acids is 1. The van der Waals surface area contributed by atoms with Crippen molar-refractivity contribution in [1.82, 2.24) is 4.90 Å². The van der Waals surface area contributed by atoms with E-state index in [1.807, 2.05) is 12.1 Å². The minimum absolute atomic E-state index is 0.0302. The average molecular weight is 309 g/mol. The maximum absolute atomic E-state index is 11.7. The summed E-state index contributed by atoms with van der Waals surface area (Å²) < 4.78 is 4.80. The van der Waals surface area contributed by atoms with E-state index in [9.17, 15) is 4.79 Å². The standard InChI is InChI=1S/C20H23NO2/c1-21-14-12-20(13-15-21,17-6-4-3-5-7-17)18-10-8-16(9-11-18)19(22)23-2/h3-11H,12-15H2,1-2H3. The van der Waals surface area contributed by atoms with Crippen LogP contribution in [0.3, 0.4) is 0 Å². The number of ether oxygens (including phenoxy) is 1. The minimum Gasteiger partial charge on any atom is -0.465 e. The van der Waals surface area contributed by atoms with E-state index < -0.39 is 0 Å². The molecule has 1 saturated heterocycles. The quantitative estimate of drug-likeness (QED) is 0.813. The molecule has 0 bridgehead atoms. The molecule has 0 amide bonds. The van der Waals surface area contributed by atoms with E-state index in [-0.39, 0.29) is 11.4 Å². The lowest BCUT2D eigenvalue weighted by Gasteiger charge is -2.42. The second-order valence-electron chi connectivity index (χ2n) is 6.32. The van der Waals surface area contributed by atoms with Crippen LogP contribution >= 0.6 is 0 Å². The Morgan fingerprint density at radius 1 is 0.957 bits per heavy atom. The molecular weight excluding hydrogens is 286 g/mol. The molecule has 3 nitrogen and oxygen atoms in total. The molecule has 1 heterocycles. The van der Waals surface area contributed by atoms with Crippen LogP contribution < -0.4 is 0 Å². The highest BCUT2D eigenvalue weighted by Gasteiger charge is 2.36. The second kappa shape index (κ2) is 6.55. The van der Waals surface area contributed by atoms with E-state index in [4.69, 9.17) is 4.74 Å². The van der Waals surface area contributed by atoms with Gasteiger partial charge in [0.25, 0.3) is 0 Å². The first-order valence-electron chi connectivity index (χ1n) is 8.09. The Balaban J connectivity index is 2.01. The molecule has 0 N–H and O–H groups in total. The van der Waals surface area contributed by atoms with Crippen molar-refractivity contribution >= 4 is 5.97 Å². The summed E-state index contributed by atoms with van der Waals surface area (Å²) in [6.07, 6.45) is 2.18. The minimum atomic E-state index is -0.284. The summed E-state index contributed by atoms with van der Waals surface area (Å²) in [7, 11) is 3.59. The molecular formula is C20H23NO2. The predicted molar refractivity (Wildman–Crippen MR) is 91.7 cm³/mol. The highest BCUT2D eigenvalue weighted by molar-refractivity contribution is 5.89. The highest BCUT2D eigenvalue weighted by atomic mass is 16.5. The normalized spacial score (nSPS) is 17.7. The van der Waals surface area contributed by atoms with Crippen molar-refractivity contribution in [3.8, 4) is 0 Å². The van der Waals surface area contributed by atoms with Gasteiger partial charge in [0.15, 0.2) is 0 Å². The Bertz CT molecular complexity index is 656. The number of piperidine rings is 1. The summed E-state index contributed by atoms with van der Waals surface area (Å²) in [6.45, 7) is 2.15. The van der Waals surface area contributed by atoms with Crippen LogP contribution in [0.1, 0.15) is 34.3 Å². The summed E-state index contributed by atoms with van der Waals surface area (Å²) in [5.74, 6) is -0.284. The lowest BCUT2D eigenvalue weighted by Crippen LogP contribution is -2.41. The van der Waals surface area contributed by atoms with Gasteiger partial charge in [-0.15, -0.1) is 0 Å². The fraction of sp³-hybridized carbons (Fsp3) is 0.350. The van der Waals surface area contributed by atoms with Crippen LogP contribution in [0.15, 0.2) is 54.6 Å². The summed E-state index contributed by atoms with van der Waals surface area (Å²) in [4.78, 5) is 14.0. The van der Waals surface area contributed by atoms with Crippen molar-refractivity contribution in [3.63, 3.8) is 0 Å².